The highest BCUT2D eigenvalue weighted by atomic mass is 14.9. The molecule has 0 amide bonds. The molecular formula is C14H29N. The number of rotatable bonds is 7. The maximum atomic E-state index is 3.79. The molecule has 1 aliphatic rings. The second kappa shape index (κ2) is 7.27. The Morgan fingerprint density at radius 1 is 1.13 bits per heavy atom. The minimum absolute atomic E-state index is 0.785. The Morgan fingerprint density at radius 3 is 2.27 bits per heavy atom. The SMILES string of the molecule is CCCC(CCC)NCC1CCCC1C. The summed E-state index contributed by atoms with van der Waals surface area (Å²) in [5.41, 5.74) is 0. The molecule has 1 saturated carbocycles. The van der Waals surface area contributed by atoms with Crippen molar-refractivity contribution in [2.75, 3.05) is 6.54 Å². The molecule has 0 aromatic carbocycles. The predicted octanol–water partition coefficient (Wildman–Crippen LogP) is 3.98. The van der Waals surface area contributed by atoms with Crippen molar-refractivity contribution >= 4 is 0 Å². The van der Waals surface area contributed by atoms with Crippen LogP contribution < -0.4 is 5.32 Å². The molecular weight excluding hydrogens is 182 g/mol. The molecule has 0 radical (unpaired) electrons. The van der Waals surface area contributed by atoms with Crippen molar-refractivity contribution in [1.29, 1.82) is 0 Å². The fourth-order valence-corrected chi connectivity index (χ4v) is 2.89. The van der Waals surface area contributed by atoms with Gasteiger partial charge in [0.05, 0.1) is 0 Å². The van der Waals surface area contributed by atoms with Gasteiger partial charge >= 0.3 is 0 Å². The van der Waals surface area contributed by atoms with E-state index in [-0.39, 0.29) is 0 Å². The molecule has 0 aromatic rings. The van der Waals surface area contributed by atoms with Crippen LogP contribution in [0.4, 0.5) is 0 Å². The van der Waals surface area contributed by atoms with Crippen LogP contribution in [0.25, 0.3) is 0 Å². The van der Waals surface area contributed by atoms with Crippen LogP contribution in [-0.4, -0.2) is 12.6 Å². The Bertz CT molecular complexity index is 149. The molecule has 0 bridgehead atoms. The van der Waals surface area contributed by atoms with Gasteiger partial charge in [-0.3, -0.25) is 0 Å². The van der Waals surface area contributed by atoms with Crippen molar-refractivity contribution in [3.8, 4) is 0 Å². The largest absolute Gasteiger partial charge is 0.314 e. The van der Waals surface area contributed by atoms with Crippen LogP contribution in [0.1, 0.15) is 65.7 Å². The summed E-state index contributed by atoms with van der Waals surface area (Å²) in [6.45, 7) is 8.28. The molecule has 2 atom stereocenters. The molecule has 0 saturated heterocycles. The minimum Gasteiger partial charge on any atom is -0.314 e. The van der Waals surface area contributed by atoms with E-state index in [1.54, 1.807) is 0 Å². The van der Waals surface area contributed by atoms with Crippen LogP contribution in [0.15, 0.2) is 0 Å². The number of hydrogen-bond donors (Lipinski definition) is 1. The molecule has 0 heterocycles. The van der Waals surface area contributed by atoms with E-state index in [0.29, 0.717) is 0 Å². The first-order valence-corrected chi connectivity index (χ1v) is 7.01. The number of hydrogen-bond acceptors (Lipinski definition) is 1. The maximum Gasteiger partial charge on any atom is 0.00669 e. The first kappa shape index (κ1) is 13.0. The number of nitrogens with one attached hydrogen (secondary N) is 1. The van der Waals surface area contributed by atoms with E-state index in [9.17, 15) is 0 Å². The van der Waals surface area contributed by atoms with Crippen molar-refractivity contribution in [3.63, 3.8) is 0 Å². The summed E-state index contributed by atoms with van der Waals surface area (Å²) < 4.78 is 0. The van der Waals surface area contributed by atoms with E-state index in [2.05, 4.69) is 26.1 Å². The van der Waals surface area contributed by atoms with E-state index in [0.717, 1.165) is 17.9 Å². The first-order chi connectivity index (χ1) is 7.27. The van der Waals surface area contributed by atoms with E-state index < -0.39 is 0 Å². The highest BCUT2D eigenvalue weighted by Crippen LogP contribution is 2.30. The Morgan fingerprint density at radius 2 is 1.80 bits per heavy atom. The van der Waals surface area contributed by atoms with Gasteiger partial charge in [-0.25, -0.2) is 0 Å². The summed E-state index contributed by atoms with van der Waals surface area (Å²) in [5.74, 6) is 1.92. The fraction of sp³-hybridized carbons (Fsp3) is 1.00. The summed E-state index contributed by atoms with van der Waals surface area (Å²) in [7, 11) is 0. The van der Waals surface area contributed by atoms with Crippen LogP contribution in [0.5, 0.6) is 0 Å². The molecule has 1 fully saturated rings. The summed E-state index contributed by atoms with van der Waals surface area (Å²) in [6.07, 6.45) is 9.72. The molecule has 1 heteroatoms. The van der Waals surface area contributed by atoms with Crippen LogP contribution in [0.3, 0.4) is 0 Å². The molecule has 1 nitrogen and oxygen atoms in total. The molecule has 1 rings (SSSR count). The van der Waals surface area contributed by atoms with Crippen molar-refractivity contribution in [2.24, 2.45) is 11.8 Å². The third kappa shape index (κ3) is 4.55. The van der Waals surface area contributed by atoms with Crippen LogP contribution >= 0.6 is 0 Å². The Balaban J connectivity index is 2.19. The third-order valence-electron chi connectivity index (χ3n) is 3.98. The molecule has 1 aliphatic carbocycles. The lowest BCUT2D eigenvalue weighted by Gasteiger charge is -2.22. The zero-order chi connectivity index (χ0) is 11.1. The van der Waals surface area contributed by atoms with Crippen molar-refractivity contribution in [2.45, 2.75) is 71.8 Å². The molecule has 2 unspecified atom stereocenters. The zero-order valence-corrected chi connectivity index (χ0v) is 10.9. The highest BCUT2D eigenvalue weighted by molar-refractivity contribution is 4.78. The van der Waals surface area contributed by atoms with Crippen molar-refractivity contribution < 1.29 is 0 Å². The van der Waals surface area contributed by atoms with E-state index in [4.69, 9.17) is 0 Å². The van der Waals surface area contributed by atoms with E-state index in [1.165, 1.54) is 51.5 Å². The molecule has 0 aromatic heterocycles. The monoisotopic (exact) mass is 211 g/mol. The molecule has 0 spiro atoms. The van der Waals surface area contributed by atoms with Crippen LogP contribution in [-0.2, 0) is 0 Å². The lowest BCUT2D eigenvalue weighted by atomic mass is 9.97. The van der Waals surface area contributed by atoms with Gasteiger partial charge in [0, 0.05) is 6.04 Å². The van der Waals surface area contributed by atoms with E-state index in [1.807, 2.05) is 0 Å². The predicted molar refractivity (Wildman–Crippen MR) is 68.1 cm³/mol. The van der Waals surface area contributed by atoms with Gasteiger partial charge in [0.25, 0.3) is 0 Å². The fourth-order valence-electron chi connectivity index (χ4n) is 2.89. The second-order valence-electron chi connectivity index (χ2n) is 5.35. The quantitative estimate of drug-likeness (QED) is 0.671. The van der Waals surface area contributed by atoms with Gasteiger partial charge in [0.1, 0.15) is 0 Å². The summed E-state index contributed by atoms with van der Waals surface area (Å²) in [4.78, 5) is 0. The first-order valence-electron chi connectivity index (χ1n) is 7.01. The Kier molecular flexibility index (Phi) is 6.31. The highest BCUT2D eigenvalue weighted by Gasteiger charge is 2.23. The van der Waals surface area contributed by atoms with Gasteiger partial charge in [0.15, 0.2) is 0 Å². The standard InChI is InChI=1S/C14H29N/c1-4-7-14(8-5-2)15-11-13-10-6-9-12(13)3/h12-15H,4-11H2,1-3H3. The van der Waals surface area contributed by atoms with Gasteiger partial charge < -0.3 is 5.32 Å². The topological polar surface area (TPSA) is 12.0 Å². The van der Waals surface area contributed by atoms with Crippen molar-refractivity contribution in [1.82, 2.24) is 5.32 Å². The summed E-state index contributed by atoms with van der Waals surface area (Å²) in [5, 5.41) is 3.79. The van der Waals surface area contributed by atoms with Gasteiger partial charge in [-0.2, -0.15) is 0 Å². The molecule has 15 heavy (non-hydrogen) atoms. The summed E-state index contributed by atoms with van der Waals surface area (Å²) >= 11 is 0. The average Bonchev–Trinajstić information content (AvgIpc) is 2.61. The van der Waals surface area contributed by atoms with Crippen molar-refractivity contribution in [3.05, 3.63) is 0 Å². The van der Waals surface area contributed by atoms with Gasteiger partial charge in [-0.15, -0.1) is 0 Å². The smallest absolute Gasteiger partial charge is 0.00669 e. The van der Waals surface area contributed by atoms with Gasteiger partial charge in [-0.05, 0) is 37.6 Å². The lowest BCUT2D eigenvalue weighted by Crippen LogP contribution is -2.34. The Labute approximate surface area is 96.0 Å². The minimum atomic E-state index is 0.785. The normalized spacial score (nSPS) is 26.4. The molecule has 0 aliphatic heterocycles. The molecule has 1 N–H and O–H groups in total. The third-order valence-corrected chi connectivity index (χ3v) is 3.98. The molecule has 90 valence electrons. The lowest BCUT2D eigenvalue weighted by molar-refractivity contribution is 0.348. The average molecular weight is 211 g/mol. The van der Waals surface area contributed by atoms with Crippen LogP contribution in [0, 0.1) is 11.8 Å². The Hall–Kier alpha value is -0.0400. The zero-order valence-electron chi connectivity index (χ0n) is 10.9. The summed E-state index contributed by atoms with van der Waals surface area (Å²) in [6, 6.07) is 0.785. The maximum absolute atomic E-state index is 3.79. The van der Waals surface area contributed by atoms with Crippen LogP contribution in [0.2, 0.25) is 0 Å². The van der Waals surface area contributed by atoms with Gasteiger partial charge in [0.2, 0.25) is 0 Å². The second-order valence-corrected chi connectivity index (χ2v) is 5.35. The van der Waals surface area contributed by atoms with Gasteiger partial charge in [-0.1, -0.05) is 46.5 Å². The van der Waals surface area contributed by atoms with E-state index >= 15 is 0 Å².